The van der Waals surface area contributed by atoms with E-state index in [1.807, 2.05) is 0 Å². The van der Waals surface area contributed by atoms with Crippen molar-refractivity contribution in [1.82, 2.24) is 4.98 Å². The lowest BCUT2D eigenvalue weighted by atomic mass is 10.1. The van der Waals surface area contributed by atoms with Crippen molar-refractivity contribution >= 4 is 5.97 Å². The second-order valence-electron chi connectivity index (χ2n) is 3.99. The fourth-order valence-corrected chi connectivity index (χ4v) is 1.71. The zero-order chi connectivity index (χ0) is 12.1. The van der Waals surface area contributed by atoms with Crippen LogP contribution in [0.25, 0.3) is 0 Å². The number of carboxylic acid groups (broad SMARTS) is 1. The van der Waals surface area contributed by atoms with Crippen molar-refractivity contribution in [3.8, 4) is 5.88 Å². The minimum atomic E-state index is -0.986. The number of ether oxygens (including phenoxy) is 2. The molecule has 1 saturated heterocycles. The summed E-state index contributed by atoms with van der Waals surface area (Å²) in [6, 6.07) is 3.04. The quantitative estimate of drug-likeness (QED) is 0.863. The maximum Gasteiger partial charge on any atom is 0.337 e. The van der Waals surface area contributed by atoms with Crippen molar-refractivity contribution in [3.05, 3.63) is 23.9 Å². The fraction of sp³-hybridized carbons (Fsp3) is 0.500. The van der Waals surface area contributed by atoms with Gasteiger partial charge in [-0.3, -0.25) is 0 Å². The number of hydrogen-bond donors (Lipinski definition) is 1. The molecule has 1 aliphatic rings. The van der Waals surface area contributed by atoms with E-state index in [0.29, 0.717) is 12.5 Å². The van der Waals surface area contributed by atoms with Crippen molar-refractivity contribution in [3.63, 3.8) is 0 Å². The highest BCUT2D eigenvalue weighted by atomic mass is 16.5. The van der Waals surface area contributed by atoms with Gasteiger partial charge in [-0.25, -0.2) is 9.78 Å². The van der Waals surface area contributed by atoms with Crippen LogP contribution in [0.3, 0.4) is 0 Å². The van der Waals surface area contributed by atoms with Gasteiger partial charge in [-0.05, 0) is 25.3 Å². The maximum absolute atomic E-state index is 10.6. The van der Waals surface area contributed by atoms with E-state index in [9.17, 15) is 4.79 Å². The molecule has 1 N–H and O–H groups in total. The molecule has 1 aromatic rings. The maximum atomic E-state index is 10.6. The number of hydrogen-bond acceptors (Lipinski definition) is 4. The van der Waals surface area contributed by atoms with E-state index in [0.717, 1.165) is 19.4 Å². The van der Waals surface area contributed by atoms with Gasteiger partial charge >= 0.3 is 5.97 Å². The van der Waals surface area contributed by atoms with Gasteiger partial charge in [0, 0.05) is 18.9 Å². The zero-order valence-electron chi connectivity index (χ0n) is 9.46. The van der Waals surface area contributed by atoms with Crippen LogP contribution in [0.2, 0.25) is 0 Å². The SMILES string of the molecule is O=C(O)c1ccc(OCC2CCCCO2)nc1. The van der Waals surface area contributed by atoms with Crippen molar-refractivity contribution in [1.29, 1.82) is 0 Å². The highest BCUT2D eigenvalue weighted by molar-refractivity contribution is 5.87. The van der Waals surface area contributed by atoms with Gasteiger partial charge in [-0.15, -0.1) is 0 Å². The third kappa shape index (κ3) is 3.42. The van der Waals surface area contributed by atoms with Crippen LogP contribution in [-0.2, 0) is 4.74 Å². The first-order chi connectivity index (χ1) is 8.25. The van der Waals surface area contributed by atoms with Crippen LogP contribution in [0.4, 0.5) is 0 Å². The second-order valence-corrected chi connectivity index (χ2v) is 3.99. The molecule has 0 radical (unpaired) electrons. The van der Waals surface area contributed by atoms with Crippen LogP contribution in [0, 0.1) is 0 Å². The van der Waals surface area contributed by atoms with Crippen LogP contribution in [0.15, 0.2) is 18.3 Å². The molecule has 1 fully saturated rings. The Bertz CT molecular complexity index is 371. The van der Waals surface area contributed by atoms with E-state index >= 15 is 0 Å². The molecule has 2 rings (SSSR count). The summed E-state index contributed by atoms with van der Waals surface area (Å²) in [5.74, 6) is -0.552. The van der Waals surface area contributed by atoms with E-state index in [4.69, 9.17) is 14.6 Å². The van der Waals surface area contributed by atoms with Crippen LogP contribution in [-0.4, -0.2) is 35.4 Å². The molecule has 0 amide bonds. The lowest BCUT2D eigenvalue weighted by Gasteiger charge is -2.22. The van der Waals surface area contributed by atoms with Gasteiger partial charge < -0.3 is 14.6 Å². The minimum absolute atomic E-state index is 0.129. The number of aromatic carboxylic acids is 1. The van der Waals surface area contributed by atoms with Crippen LogP contribution >= 0.6 is 0 Å². The van der Waals surface area contributed by atoms with Gasteiger partial charge in [-0.2, -0.15) is 0 Å². The second kappa shape index (κ2) is 5.63. The Labute approximate surface area is 99.4 Å². The van der Waals surface area contributed by atoms with Gasteiger partial charge in [0.1, 0.15) is 6.61 Å². The number of aromatic nitrogens is 1. The Kier molecular flexibility index (Phi) is 3.93. The average Bonchev–Trinajstić information content (AvgIpc) is 2.38. The van der Waals surface area contributed by atoms with Gasteiger partial charge in [0.25, 0.3) is 0 Å². The van der Waals surface area contributed by atoms with Crippen LogP contribution in [0.5, 0.6) is 5.88 Å². The summed E-state index contributed by atoms with van der Waals surface area (Å²) in [4.78, 5) is 14.5. The first-order valence-corrected chi connectivity index (χ1v) is 5.69. The molecular formula is C12H15NO4. The first kappa shape index (κ1) is 11.9. The largest absolute Gasteiger partial charge is 0.478 e. The summed E-state index contributed by atoms with van der Waals surface area (Å²) in [5.41, 5.74) is 0.159. The molecule has 1 aromatic heterocycles. The van der Waals surface area contributed by atoms with Gasteiger partial charge in [0.2, 0.25) is 5.88 Å². The topological polar surface area (TPSA) is 68.7 Å². The third-order valence-corrected chi connectivity index (χ3v) is 2.67. The minimum Gasteiger partial charge on any atom is -0.478 e. The zero-order valence-corrected chi connectivity index (χ0v) is 9.46. The molecular weight excluding hydrogens is 222 g/mol. The van der Waals surface area contributed by atoms with Crippen molar-refractivity contribution in [2.75, 3.05) is 13.2 Å². The van der Waals surface area contributed by atoms with Crippen LogP contribution < -0.4 is 4.74 Å². The summed E-state index contributed by atoms with van der Waals surface area (Å²) in [7, 11) is 0. The molecule has 0 saturated carbocycles. The Hall–Kier alpha value is -1.62. The first-order valence-electron chi connectivity index (χ1n) is 5.69. The molecule has 0 spiro atoms. The predicted octanol–water partition coefficient (Wildman–Crippen LogP) is 1.73. The third-order valence-electron chi connectivity index (χ3n) is 2.67. The Balaban J connectivity index is 1.84. The van der Waals surface area contributed by atoms with E-state index < -0.39 is 5.97 Å². The van der Waals surface area contributed by atoms with E-state index in [1.165, 1.54) is 18.7 Å². The van der Waals surface area contributed by atoms with Gasteiger partial charge in [-0.1, -0.05) is 0 Å². The summed E-state index contributed by atoms with van der Waals surface area (Å²) < 4.78 is 11.0. The van der Waals surface area contributed by atoms with Gasteiger partial charge in [0.05, 0.1) is 11.7 Å². The van der Waals surface area contributed by atoms with Crippen LogP contribution in [0.1, 0.15) is 29.6 Å². The number of rotatable bonds is 4. The molecule has 5 heteroatoms. The summed E-state index contributed by atoms with van der Waals surface area (Å²) in [6.45, 7) is 1.26. The number of nitrogens with zero attached hydrogens (tertiary/aromatic N) is 1. The molecule has 1 aliphatic heterocycles. The summed E-state index contributed by atoms with van der Waals surface area (Å²) >= 11 is 0. The molecule has 2 heterocycles. The van der Waals surface area contributed by atoms with E-state index in [-0.39, 0.29) is 11.7 Å². The fourth-order valence-electron chi connectivity index (χ4n) is 1.71. The van der Waals surface area contributed by atoms with Crippen molar-refractivity contribution in [2.45, 2.75) is 25.4 Å². The highest BCUT2D eigenvalue weighted by Crippen LogP contribution is 2.14. The summed E-state index contributed by atoms with van der Waals surface area (Å²) in [6.07, 6.45) is 4.71. The van der Waals surface area contributed by atoms with Crippen molar-refractivity contribution < 1.29 is 19.4 Å². The standard InChI is InChI=1S/C12H15NO4/c14-12(15)9-4-5-11(13-7-9)17-8-10-3-1-2-6-16-10/h4-5,7,10H,1-3,6,8H2,(H,14,15). The molecule has 1 unspecified atom stereocenters. The van der Waals surface area contributed by atoms with E-state index in [2.05, 4.69) is 4.98 Å². The molecule has 0 aliphatic carbocycles. The molecule has 1 atom stereocenters. The average molecular weight is 237 g/mol. The van der Waals surface area contributed by atoms with Gasteiger partial charge in [0.15, 0.2) is 0 Å². The lowest BCUT2D eigenvalue weighted by molar-refractivity contribution is -0.0119. The monoisotopic (exact) mass is 237 g/mol. The summed E-state index contributed by atoms with van der Waals surface area (Å²) in [5, 5.41) is 8.71. The lowest BCUT2D eigenvalue weighted by Crippen LogP contribution is -2.25. The highest BCUT2D eigenvalue weighted by Gasteiger charge is 2.14. The van der Waals surface area contributed by atoms with Crippen molar-refractivity contribution in [2.24, 2.45) is 0 Å². The Morgan fingerprint density at radius 2 is 2.41 bits per heavy atom. The molecule has 0 bridgehead atoms. The smallest absolute Gasteiger partial charge is 0.337 e. The molecule has 5 nitrogen and oxygen atoms in total. The number of pyridine rings is 1. The number of carboxylic acids is 1. The molecule has 0 aromatic carbocycles. The number of carbonyl (C=O) groups is 1. The Morgan fingerprint density at radius 1 is 1.53 bits per heavy atom. The normalized spacial score (nSPS) is 19.9. The Morgan fingerprint density at radius 3 is 3.00 bits per heavy atom. The molecule has 92 valence electrons. The molecule has 17 heavy (non-hydrogen) atoms. The predicted molar refractivity (Wildman–Crippen MR) is 60.3 cm³/mol. The van der Waals surface area contributed by atoms with E-state index in [1.54, 1.807) is 6.07 Å².